The van der Waals surface area contributed by atoms with Crippen molar-refractivity contribution in [1.29, 1.82) is 0 Å². The molecule has 0 unspecified atom stereocenters. The number of phenolic OH excluding ortho intramolecular Hbond substituents is 1. The lowest BCUT2D eigenvalue weighted by molar-refractivity contribution is 0.466. The number of aryl methyl sites for hydroxylation is 1. The molecule has 110 valence electrons. The zero-order valence-electron chi connectivity index (χ0n) is 11.3. The average Bonchev–Trinajstić information content (AvgIpc) is 2.46. The molecule has 2 aromatic rings. The van der Waals surface area contributed by atoms with Gasteiger partial charge in [-0.2, -0.15) is 13.5 Å². The minimum absolute atomic E-state index is 0.142. The second-order valence-electron chi connectivity index (χ2n) is 4.31. The molecule has 2 N–H and O–H groups in total. The molecule has 2 rings (SSSR count). The van der Waals surface area contributed by atoms with Gasteiger partial charge in [0, 0.05) is 6.07 Å². The summed E-state index contributed by atoms with van der Waals surface area (Å²) in [6.07, 6.45) is 0.364. The average molecular weight is 306 g/mol. The lowest BCUT2D eigenvalue weighted by Gasteiger charge is -2.07. The van der Waals surface area contributed by atoms with Gasteiger partial charge >= 0.3 is 0 Å². The summed E-state index contributed by atoms with van der Waals surface area (Å²) in [6, 6.07) is 11.3. The summed E-state index contributed by atoms with van der Waals surface area (Å²) in [5.41, 5.74) is 1.11. The van der Waals surface area contributed by atoms with Crippen molar-refractivity contribution in [1.82, 2.24) is 0 Å². The molecule has 0 aromatic heterocycles. The minimum atomic E-state index is -4.38. The quantitative estimate of drug-likeness (QED) is 0.665. The number of hydrogen-bond acceptors (Lipinski definition) is 5. The van der Waals surface area contributed by atoms with Crippen LogP contribution in [0.1, 0.15) is 12.5 Å². The van der Waals surface area contributed by atoms with E-state index in [1.807, 2.05) is 6.07 Å². The van der Waals surface area contributed by atoms with Gasteiger partial charge in [-0.15, -0.1) is 5.11 Å². The first-order valence-corrected chi connectivity index (χ1v) is 7.66. The molecule has 0 aliphatic carbocycles. The summed E-state index contributed by atoms with van der Waals surface area (Å²) in [4.78, 5) is -0.318. The normalized spacial score (nSPS) is 11.9. The third kappa shape index (κ3) is 3.65. The molecule has 0 amide bonds. The summed E-state index contributed by atoms with van der Waals surface area (Å²) >= 11 is 0. The molecular weight excluding hydrogens is 292 g/mol. The molecule has 0 atom stereocenters. The van der Waals surface area contributed by atoms with Crippen LogP contribution in [0.15, 0.2) is 57.6 Å². The number of aromatic hydroxyl groups is 1. The Bertz CT molecular complexity index is 771. The Morgan fingerprint density at radius 1 is 1.10 bits per heavy atom. The van der Waals surface area contributed by atoms with E-state index in [9.17, 15) is 13.5 Å². The van der Waals surface area contributed by atoms with Gasteiger partial charge in [0.05, 0.1) is 5.69 Å². The molecular formula is C14H14N2O4S. The molecule has 0 aliphatic rings. The molecule has 0 aliphatic heterocycles. The second kappa shape index (κ2) is 6.02. The van der Waals surface area contributed by atoms with Crippen molar-refractivity contribution in [2.45, 2.75) is 18.2 Å². The van der Waals surface area contributed by atoms with Crippen molar-refractivity contribution in [2.24, 2.45) is 10.2 Å². The summed E-state index contributed by atoms with van der Waals surface area (Å²) in [6.45, 7) is 1.74. The Morgan fingerprint density at radius 2 is 1.76 bits per heavy atom. The summed E-state index contributed by atoms with van der Waals surface area (Å²) in [7, 11) is -4.38. The largest absolute Gasteiger partial charge is 0.506 e. The molecule has 6 nitrogen and oxygen atoms in total. The highest BCUT2D eigenvalue weighted by Gasteiger charge is 2.17. The van der Waals surface area contributed by atoms with Crippen LogP contribution in [-0.4, -0.2) is 18.1 Å². The van der Waals surface area contributed by atoms with Gasteiger partial charge in [0.15, 0.2) is 0 Å². The zero-order valence-corrected chi connectivity index (χ0v) is 12.1. The Morgan fingerprint density at radius 3 is 2.33 bits per heavy atom. The van der Waals surface area contributed by atoms with Crippen LogP contribution in [0.2, 0.25) is 0 Å². The second-order valence-corrected chi connectivity index (χ2v) is 5.70. The van der Waals surface area contributed by atoms with Crippen LogP contribution in [0.25, 0.3) is 0 Å². The lowest BCUT2D eigenvalue weighted by atomic mass is 10.1. The zero-order chi connectivity index (χ0) is 15.5. The fourth-order valence-corrected chi connectivity index (χ4v) is 2.60. The van der Waals surface area contributed by atoms with E-state index in [1.54, 1.807) is 31.2 Å². The maximum absolute atomic E-state index is 11.2. The van der Waals surface area contributed by atoms with Gasteiger partial charge in [-0.25, -0.2) is 0 Å². The van der Waals surface area contributed by atoms with E-state index in [1.165, 1.54) is 6.07 Å². The summed E-state index contributed by atoms with van der Waals surface area (Å²) in [5, 5.41) is 17.7. The van der Waals surface area contributed by atoms with Crippen molar-refractivity contribution in [3.8, 4) is 5.75 Å². The highest BCUT2D eigenvalue weighted by atomic mass is 32.2. The highest BCUT2D eigenvalue weighted by molar-refractivity contribution is 7.85. The smallest absolute Gasteiger partial charge is 0.294 e. The van der Waals surface area contributed by atoms with E-state index in [4.69, 9.17) is 4.55 Å². The molecule has 0 fully saturated rings. The molecule has 0 heterocycles. The third-order valence-electron chi connectivity index (χ3n) is 2.85. The number of rotatable bonds is 4. The van der Waals surface area contributed by atoms with Gasteiger partial charge < -0.3 is 5.11 Å². The van der Waals surface area contributed by atoms with Crippen LogP contribution in [0.4, 0.5) is 11.4 Å². The molecule has 2 aromatic carbocycles. The molecule has 0 saturated carbocycles. The van der Waals surface area contributed by atoms with Crippen molar-refractivity contribution < 1.29 is 18.1 Å². The van der Waals surface area contributed by atoms with E-state index in [-0.39, 0.29) is 16.3 Å². The number of azo groups is 1. The van der Waals surface area contributed by atoms with Crippen LogP contribution in [-0.2, 0) is 16.5 Å². The molecule has 0 spiro atoms. The first kappa shape index (κ1) is 15.1. The summed E-state index contributed by atoms with van der Waals surface area (Å²) < 4.78 is 31.6. The van der Waals surface area contributed by atoms with Crippen LogP contribution >= 0.6 is 0 Å². The van der Waals surface area contributed by atoms with E-state index >= 15 is 0 Å². The molecule has 7 heteroatoms. The fourth-order valence-electron chi connectivity index (χ4n) is 1.80. The minimum Gasteiger partial charge on any atom is -0.506 e. The Labute approximate surface area is 122 Å². The van der Waals surface area contributed by atoms with Crippen LogP contribution in [0, 0.1) is 0 Å². The fraction of sp³-hybridized carbons (Fsp3) is 0.143. The molecule has 21 heavy (non-hydrogen) atoms. The molecule has 0 saturated heterocycles. The Kier molecular flexibility index (Phi) is 4.35. The van der Waals surface area contributed by atoms with Gasteiger partial charge in [-0.3, -0.25) is 4.55 Å². The van der Waals surface area contributed by atoms with Crippen LogP contribution < -0.4 is 0 Å². The predicted molar refractivity (Wildman–Crippen MR) is 77.9 cm³/mol. The Hall–Kier alpha value is -2.25. The van der Waals surface area contributed by atoms with Gasteiger partial charge in [-0.1, -0.05) is 25.1 Å². The number of hydrogen-bond donors (Lipinski definition) is 2. The Balaban J connectivity index is 2.45. The molecule has 0 bridgehead atoms. The van der Waals surface area contributed by atoms with Crippen molar-refractivity contribution in [2.75, 3.05) is 0 Å². The number of nitrogens with zero attached hydrogens (tertiary/aromatic N) is 2. The number of benzene rings is 2. The van der Waals surface area contributed by atoms with E-state index < -0.39 is 10.1 Å². The van der Waals surface area contributed by atoms with Crippen molar-refractivity contribution in [3.63, 3.8) is 0 Å². The first-order valence-electron chi connectivity index (χ1n) is 6.22. The predicted octanol–water partition coefficient (Wildman–Crippen LogP) is 3.62. The van der Waals surface area contributed by atoms with Gasteiger partial charge in [0.2, 0.25) is 0 Å². The maximum atomic E-state index is 11.2. The monoisotopic (exact) mass is 306 g/mol. The van der Waals surface area contributed by atoms with E-state index in [0.29, 0.717) is 17.7 Å². The van der Waals surface area contributed by atoms with Gasteiger partial charge in [-0.05, 0) is 30.2 Å². The SMILES string of the molecule is CCc1cc(N=Nc2ccccc2)c(O)cc1S(=O)(=O)O. The highest BCUT2D eigenvalue weighted by Crippen LogP contribution is 2.33. The van der Waals surface area contributed by atoms with E-state index in [2.05, 4.69) is 10.2 Å². The van der Waals surface area contributed by atoms with Crippen LogP contribution in [0.3, 0.4) is 0 Å². The van der Waals surface area contributed by atoms with Crippen molar-refractivity contribution >= 4 is 21.5 Å². The number of phenols is 1. The van der Waals surface area contributed by atoms with E-state index in [0.717, 1.165) is 6.07 Å². The van der Waals surface area contributed by atoms with Crippen molar-refractivity contribution in [3.05, 3.63) is 48.0 Å². The third-order valence-corrected chi connectivity index (χ3v) is 3.78. The lowest BCUT2D eigenvalue weighted by Crippen LogP contribution is -2.02. The maximum Gasteiger partial charge on any atom is 0.294 e. The van der Waals surface area contributed by atoms with Gasteiger partial charge in [0.1, 0.15) is 16.3 Å². The first-order chi connectivity index (χ1) is 9.91. The van der Waals surface area contributed by atoms with Gasteiger partial charge in [0.25, 0.3) is 10.1 Å². The topological polar surface area (TPSA) is 99.3 Å². The summed E-state index contributed by atoms with van der Waals surface area (Å²) in [5.74, 6) is -0.362. The standard InChI is InChI=1S/C14H14N2O4S/c1-2-10-8-12(13(17)9-14(10)21(18,19)20)16-15-11-6-4-3-5-7-11/h3-9,17H,2H2,1H3,(H,18,19,20). The van der Waals surface area contributed by atoms with Crippen LogP contribution in [0.5, 0.6) is 5.75 Å². The molecule has 0 radical (unpaired) electrons.